The molecule has 0 atom stereocenters. The van der Waals surface area contributed by atoms with E-state index in [2.05, 4.69) is 0 Å². The molecule has 1 rings (SSSR count). The highest BCUT2D eigenvalue weighted by Crippen LogP contribution is 2.21. The van der Waals surface area contributed by atoms with Gasteiger partial charge >= 0.3 is 5.97 Å². The van der Waals surface area contributed by atoms with Gasteiger partial charge in [-0.1, -0.05) is 12.1 Å². The number of ether oxygens (including phenoxy) is 1. The fourth-order valence-electron chi connectivity index (χ4n) is 0.985. The molecule has 0 aliphatic rings. The van der Waals surface area contributed by atoms with Gasteiger partial charge in [-0.3, -0.25) is 0 Å². The maximum Gasteiger partial charge on any atom is 0.331 e. The summed E-state index contributed by atoms with van der Waals surface area (Å²) in [5, 5.41) is 0.474. The average Bonchev–Trinajstić information content (AvgIpc) is 2.27. The first-order valence-electron chi connectivity index (χ1n) is 4.32. The van der Waals surface area contributed by atoms with Crippen LogP contribution in [0.15, 0.2) is 30.3 Å². The van der Waals surface area contributed by atoms with E-state index in [-0.39, 0.29) is 0 Å². The van der Waals surface area contributed by atoms with Gasteiger partial charge in [-0.2, -0.15) is 0 Å². The van der Waals surface area contributed by atoms with E-state index in [0.717, 1.165) is 5.56 Å². The number of esters is 1. The largest absolute Gasteiger partial charge is 0.452 e. The molecule has 0 fully saturated rings. The first-order chi connectivity index (χ1) is 7.63. The zero-order chi connectivity index (χ0) is 12.0. The second-order valence-corrected chi connectivity index (χ2v) is 4.50. The minimum atomic E-state index is -2.05. The van der Waals surface area contributed by atoms with Crippen molar-refractivity contribution in [2.24, 2.45) is 0 Å². The molecule has 0 aliphatic heterocycles. The molecule has 0 saturated heterocycles. The Hall–Kier alpha value is -0.490. The van der Waals surface area contributed by atoms with Crippen LogP contribution in [-0.4, -0.2) is 20.4 Å². The molecule has 1 aromatic carbocycles. The van der Waals surface area contributed by atoms with Gasteiger partial charge in [0.1, 0.15) is 4.61 Å². The minimum absolute atomic E-state index is 0.319. The fraction of sp³-hybridized carbons (Fsp3) is 0.100. The van der Waals surface area contributed by atoms with Gasteiger partial charge in [-0.15, -0.1) is 0 Å². The van der Waals surface area contributed by atoms with E-state index in [4.69, 9.17) is 14.5 Å². The van der Waals surface area contributed by atoms with Gasteiger partial charge in [0.2, 0.25) is 0 Å². The van der Waals surface area contributed by atoms with E-state index >= 15 is 0 Å². The molecule has 0 aromatic heterocycles. The molecule has 0 aliphatic carbocycles. The van der Waals surface area contributed by atoms with Crippen molar-refractivity contribution in [3.63, 3.8) is 0 Å². The lowest BCUT2D eigenvalue weighted by Gasteiger charge is -2.01. The van der Waals surface area contributed by atoms with Crippen molar-refractivity contribution in [3.05, 3.63) is 35.9 Å². The third-order valence-electron chi connectivity index (χ3n) is 1.73. The summed E-state index contributed by atoms with van der Waals surface area (Å²) >= 11 is 1.94. The lowest BCUT2D eigenvalue weighted by molar-refractivity contribution is -0.135. The van der Waals surface area contributed by atoms with Crippen molar-refractivity contribution in [2.45, 2.75) is 0 Å². The van der Waals surface area contributed by atoms with Crippen LogP contribution in [0, 0.1) is 0 Å². The van der Waals surface area contributed by atoms with Crippen LogP contribution in [0.25, 0.3) is 6.08 Å². The van der Waals surface area contributed by atoms with Gasteiger partial charge in [0.25, 0.3) is 0 Å². The zero-order valence-corrected chi connectivity index (χ0v) is 11.3. The molecular formula is C10H10IO4P. The minimum Gasteiger partial charge on any atom is -0.452 e. The molecule has 16 heavy (non-hydrogen) atoms. The number of rotatable bonds is 4. The molecule has 0 saturated carbocycles. The van der Waals surface area contributed by atoms with Crippen molar-refractivity contribution < 1.29 is 19.3 Å². The van der Waals surface area contributed by atoms with Crippen LogP contribution in [0.1, 0.15) is 5.56 Å². The van der Waals surface area contributed by atoms with E-state index in [1.54, 1.807) is 30.3 Å². The van der Waals surface area contributed by atoms with Crippen molar-refractivity contribution in [3.8, 4) is 0 Å². The Labute approximate surface area is 108 Å². The monoisotopic (exact) mass is 352 g/mol. The summed E-state index contributed by atoms with van der Waals surface area (Å²) in [6.07, 6.45) is 2.93. The normalized spacial score (nSPS) is 11.0. The quantitative estimate of drug-likeness (QED) is 0.284. The topological polar surface area (TPSA) is 66.8 Å². The highest BCUT2D eigenvalue weighted by Gasteiger charge is 2.01. The molecule has 0 spiro atoms. The van der Waals surface area contributed by atoms with Crippen LogP contribution in [0.2, 0.25) is 0 Å². The molecule has 86 valence electrons. The Bertz CT molecular complexity index is 375. The van der Waals surface area contributed by atoms with Gasteiger partial charge in [-0.25, -0.2) is 4.79 Å². The number of halogens is 1. The van der Waals surface area contributed by atoms with Crippen LogP contribution in [0.3, 0.4) is 0 Å². The average molecular weight is 352 g/mol. The smallest absolute Gasteiger partial charge is 0.331 e. The Balaban J connectivity index is 2.65. The van der Waals surface area contributed by atoms with Crippen LogP contribution in [0.4, 0.5) is 0 Å². The maximum atomic E-state index is 11.0. The summed E-state index contributed by atoms with van der Waals surface area (Å²) in [4.78, 5) is 28.9. The van der Waals surface area contributed by atoms with Crippen molar-refractivity contribution in [1.29, 1.82) is 0 Å². The standard InChI is InChI=1S/C10H10IO4P/c11-7-15-10(12)6-3-8-1-4-9(5-2-8)16(13)14/h1-6,13-14H,7H2/b6-3+. The predicted octanol–water partition coefficient (Wildman–Crippen LogP) is 1.56. The molecule has 4 nitrogen and oxygen atoms in total. The fourth-order valence-corrected chi connectivity index (χ4v) is 1.71. The molecule has 0 bridgehead atoms. The van der Waals surface area contributed by atoms with Gasteiger partial charge in [0, 0.05) is 11.4 Å². The molecule has 2 N–H and O–H groups in total. The number of hydrogen-bond donors (Lipinski definition) is 2. The Kier molecular flexibility index (Phi) is 5.90. The zero-order valence-electron chi connectivity index (χ0n) is 8.21. The summed E-state index contributed by atoms with van der Waals surface area (Å²) in [6.45, 7) is 0. The number of benzene rings is 1. The van der Waals surface area contributed by atoms with Crippen molar-refractivity contribution in [2.75, 3.05) is 4.61 Å². The van der Waals surface area contributed by atoms with Crippen LogP contribution in [-0.2, 0) is 9.53 Å². The maximum absolute atomic E-state index is 11.0. The predicted molar refractivity (Wildman–Crippen MR) is 71.4 cm³/mol. The van der Waals surface area contributed by atoms with E-state index in [9.17, 15) is 4.79 Å². The van der Waals surface area contributed by atoms with Crippen LogP contribution < -0.4 is 5.30 Å². The Morgan fingerprint density at radius 1 is 1.38 bits per heavy atom. The van der Waals surface area contributed by atoms with Crippen molar-refractivity contribution >= 4 is 48.3 Å². The van der Waals surface area contributed by atoms with Crippen molar-refractivity contribution in [1.82, 2.24) is 0 Å². The summed E-state index contributed by atoms with van der Waals surface area (Å²) in [5.74, 6) is -0.398. The highest BCUT2D eigenvalue weighted by atomic mass is 127. The molecule has 0 amide bonds. The third kappa shape index (κ3) is 4.57. The Morgan fingerprint density at radius 2 is 2.00 bits per heavy atom. The number of hydrogen-bond acceptors (Lipinski definition) is 4. The second-order valence-electron chi connectivity index (χ2n) is 2.79. The van der Waals surface area contributed by atoms with Gasteiger partial charge < -0.3 is 14.5 Å². The number of carbonyl (C=O) groups excluding carboxylic acids is 1. The molecule has 1 aromatic rings. The van der Waals surface area contributed by atoms with Crippen LogP contribution in [0.5, 0.6) is 0 Å². The molecule has 0 radical (unpaired) electrons. The summed E-state index contributed by atoms with van der Waals surface area (Å²) in [5.41, 5.74) is 0.797. The number of alkyl halides is 1. The molecule has 0 unspecified atom stereocenters. The van der Waals surface area contributed by atoms with Gasteiger partial charge in [-0.05, 0) is 46.4 Å². The summed E-state index contributed by atoms with van der Waals surface area (Å²) in [6, 6.07) is 6.61. The molecular weight excluding hydrogens is 342 g/mol. The van der Waals surface area contributed by atoms with E-state index in [0.29, 0.717) is 9.92 Å². The summed E-state index contributed by atoms with van der Waals surface area (Å²) < 4.78 is 5.03. The SMILES string of the molecule is O=C(/C=C/c1ccc(P(O)O)cc1)OCI. The van der Waals surface area contributed by atoms with Gasteiger partial charge in [0.15, 0.2) is 8.38 Å². The lowest BCUT2D eigenvalue weighted by atomic mass is 10.2. The van der Waals surface area contributed by atoms with E-state index in [1.807, 2.05) is 22.6 Å². The second kappa shape index (κ2) is 6.96. The molecule has 0 heterocycles. The highest BCUT2D eigenvalue weighted by molar-refractivity contribution is 14.1. The first-order valence-corrected chi connectivity index (χ1v) is 7.09. The third-order valence-corrected chi connectivity index (χ3v) is 2.80. The first kappa shape index (κ1) is 13.6. The molecule has 6 heteroatoms. The van der Waals surface area contributed by atoms with E-state index in [1.165, 1.54) is 6.08 Å². The lowest BCUT2D eigenvalue weighted by Crippen LogP contribution is -1.99. The van der Waals surface area contributed by atoms with Gasteiger partial charge in [0.05, 0.1) is 0 Å². The van der Waals surface area contributed by atoms with Crippen LogP contribution >= 0.6 is 31.0 Å². The van der Waals surface area contributed by atoms with E-state index < -0.39 is 14.3 Å². The summed E-state index contributed by atoms with van der Waals surface area (Å²) in [7, 11) is -2.05. The Morgan fingerprint density at radius 3 is 2.50 bits per heavy atom. The number of carbonyl (C=O) groups is 1.